The monoisotopic (exact) mass is 439 g/mol. The van der Waals surface area contributed by atoms with Crippen molar-refractivity contribution in [2.45, 2.75) is 31.7 Å². The van der Waals surface area contributed by atoms with Crippen LogP contribution < -0.4 is 14.8 Å². The number of hydrogen-bond acceptors (Lipinski definition) is 5. The molecule has 0 saturated heterocycles. The molecule has 0 aliphatic heterocycles. The summed E-state index contributed by atoms with van der Waals surface area (Å²) in [5, 5.41) is 2.67. The van der Waals surface area contributed by atoms with Gasteiger partial charge in [0.05, 0.1) is 19.6 Å². The molecule has 1 aromatic heterocycles. The largest absolute Gasteiger partial charge is 0.496 e. The van der Waals surface area contributed by atoms with Crippen LogP contribution >= 0.6 is 0 Å². The minimum atomic E-state index is -3.36. The third-order valence-electron chi connectivity index (χ3n) is 4.99. The van der Waals surface area contributed by atoms with Gasteiger partial charge in [-0.3, -0.25) is 4.79 Å². The lowest BCUT2D eigenvalue weighted by Crippen LogP contribution is -2.40. The summed E-state index contributed by atoms with van der Waals surface area (Å²) in [5.74, 6) is -1.58. The highest BCUT2D eigenvalue weighted by molar-refractivity contribution is 7.88. The standard InChI is InChI=1S/C20H23F2N3O4S/c1-29-18-9-13(21)6-7-15(18)16-10-19(23-11-17(16)22)24-20(26)12-4-3-5-14(8-12)25-30(2,27)28/h6-7,9-12,14,25H,3-5,8H2,1-2H3,(H,23,24,26). The van der Waals surface area contributed by atoms with Crippen LogP contribution in [0.4, 0.5) is 14.6 Å². The Labute approximate surface area is 173 Å². The molecule has 10 heteroatoms. The van der Waals surface area contributed by atoms with Crippen molar-refractivity contribution in [3.63, 3.8) is 0 Å². The number of carbonyl (C=O) groups is 1. The van der Waals surface area contributed by atoms with Crippen molar-refractivity contribution in [2.75, 3.05) is 18.7 Å². The zero-order valence-corrected chi connectivity index (χ0v) is 17.4. The third kappa shape index (κ3) is 5.51. The smallest absolute Gasteiger partial charge is 0.228 e. The zero-order valence-electron chi connectivity index (χ0n) is 16.6. The van der Waals surface area contributed by atoms with Gasteiger partial charge in [0.2, 0.25) is 15.9 Å². The summed E-state index contributed by atoms with van der Waals surface area (Å²) in [6.07, 6.45) is 4.43. The topological polar surface area (TPSA) is 97.4 Å². The first-order chi connectivity index (χ1) is 14.2. The van der Waals surface area contributed by atoms with E-state index in [0.717, 1.165) is 18.5 Å². The van der Waals surface area contributed by atoms with Crippen molar-refractivity contribution >= 4 is 21.7 Å². The van der Waals surface area contributed by atoms with E-state index in [9.17, 15) is 22.0 Å². The number of rotatable bonds is 6. The van der Waals surface area contributed by atoms with Crippen molar-refractivity contribution in [3.05, 3.63) is 42.1 Å². The first-order valence-electron chi connectivity index (χ1n) is 9.44. The fraction of sp³-hybridized carbons (Fsp3) is 0.400. The average molecular weight is 439 g/mol. The minimum absolute atomic E-state index is 0.109. The Kier molecular flexibility index (Phi) is 6.67. The third-order valence-corrected chi connectivity index (χ3v) is 5.75. The van der Waals surface area contributed by atoms with Gasteiger partial charge in [0.25, 0.3) is 0 Å². The zero-order chi connectivity index (χ0) is 21.9. The summed E-state index contributed by atoms with van der Waals surface area (Å²) < 4.78 is 58.4. The van der Waals surface area contributed by atoms with Gasteiger partial charge in [0.15, 0.2) is 0 Å². The summed E-state index contributed by atoms with van der Waals surface area (Å²) >= 11 is 0. The van der Waals surface area contributed by atoms with E-state index in [2.05, 4.69) is 15.0 Å². The molecule has 0 bridgehead atoms. The van der Waals surface area contributed by atoms with Gasteiger partial charge in [-0.25, -0.2) is 26.9 Å². The molecule has 30 heavy (non-hydrogen) atoms. The SMILES string of the molecule is COc1cc(F)ccc1-c1cc(NC(=O)C2CCCC(NS(C)(=O)=O)C2)ncc1F. The normalized spacial score (nSPS) is 19.3. The van der Waals surface area contributed by atoms with Crippen LogP contribution in [0.15, 0.2) is 30.5 Å². The predicted octanol–water partition coefficient (Wildman–Crippen LogP) is 3.08. The maximum atomic E-state index is 14.4. The van der Waals surface area contributed by atoms with Crippen LogP contribution in [0.1, 0.15) is 25.7 Å². The average Bonchev–Trinajstić information content (AvgIpc) is 2.68. The maximum Gasteiger partial charge on any atom is 0.228 e. The number of anilines is 1. The molecule has 2 unspecified atom stereocenters. The Morgan fingerprint density at radius 2 is 1.97 bits per heavy atom. The van der Waals surface area contributed by atoms with Gasteiger partial charge in [0.1, 0.15) is 23.2 Å². The van der Waals surface area contributed by atoms with Crippen molar-refractivity contribution in [2.24, 2.45) is 5.92 Å². The number of ether oxygens (including phenoxy) is 1. The second kappa shape index (κ2) is 9.05. The Morgan fingerprint density at radius 3 is 2.67 bits per heavy atom. The van der Waals surface area contributed by atoms with Crippen molar-refractivity contribution in [1.82, 2.24) is 9.71 Å². The number of amides is 1. The van der Waals surface area contributed by atoms with E-state index in [-0.39, 0.29) is 29.1 Å². The van der Waals surface area contributed by atoms with E-state index in [1.54, 1.807) is 0 Å². The fourth-order valence-electron chi connectivity index (χ4n) is 3.67. The summed E-state index contributed by atoms with van der Waals surface area (Å²) in [6.45, 7) is 0. The van der Waals surface area contributed by atoms with E-state index in [0.29, 0.717) is 31.2 Å². The first kappa shape index (κ1) is 22.1. The highest BCUT2D eigenvalue weighted by Crippen LogP contribution is 2.33. The summed E-state index contributed by atoms with van der Waals surface area (Å²) in [5.41, 5.74) is 0.432. The molecule has 1 aliphatic carbocycles. The van der Waals surface area contributed by atoms with Crippen LogP contribution in [-0.4, -0.2) is 38.7 Å². The maximum absolute atomic E-state index is 14.4. The van der Waals surface area contributed by atoms with Crippen LogP contribution in [0, 0.1) is 17.6 Å². The van der Waals surface area contributed by atoms with Gasteiger partial charge in [-0.05, 0) is 37.5 Å². The number of nitrogens with zero attached hydrogens (tertiary/aromatic N) is 1. The van der Waals surface area contributed by atoms with Crippen molar-refractivity contribution in [1.29, 1.82) is 0 Å². The number of benzene rings is 1. The molecule has 1 heterocycles. The number of halogens is 2. The molecule has 1 fully saturated rings. The molecular weight excluding hydrogens is 416 g/mol. The Morgan fingerprint density at radius 1 is 1.20 bits per heavy atom. The molecule has 0 radical (unpaired) electrons. The Balaban J connectivity index is 1.78. The van der Waals surface area contributed by atoms with Crippen molar-refractivity contribution in [3.8, 4) is 16.9 Å². The highest BCUT2D eigenvalue weighted by atomic mass is 32.2. The van der Waals surface area contributed by atoms with Gasteiger partial charge in [0, 0.05) is 29.2 Å². The van der Waals surface area contributed by atoms with Crippen LogP contribution in [-0.2, 0) is 14.8 Å². The molecule has 1 amide bonds. The fourth-order valence-corrected chi connectivity index (χ4v) is 4.49. The van der Waals surface area contributed by atoms with Crippen LogP contribution in [0.25, 0.3) is 11.1 Å². The Hall–Kier alpha value is -2.59. The van der Waals surface area contributed by atoms with E-state index in [1.807, 2.05) is 0 Å². The second-order valence-electron chi connectivity index (χ2n) is 7.33. The second-order valence-corrected chi connectivity index (χ2v) is 9.11. The Bertz CT molecular complexity index is 1050. The number of sulfonamides is 1. The van der Waals surface area contributed by atoms with Gasteiger partial charge in [-0.15, -0.1) is 0 Å². The molecule has 2 N–H and O–H groups in total. The summed E-state index contributed by atoms with van der Waals surface area (Å²) in [6, 6.07) is 4.78. The lowest BCUT2D eigenvalue weighted by molar-refractivity contribution is -0.121. The first-order valence-corrected chi connectivity index (χ1v) is 11.3. The van der Waals surface area contributed by atoms with E-state index in [4.69, 9.17) is 4.74 Å². The van der Waals surface area contributed by atoms with E-state index in [1.165, 1.54) is 25.3 Å². The summed E-state index contributed by atoms with van der Waals surface area (Å²) in [7, 11) is -2.01. The molecule has 1 aromatic carbocycles. The van der Waals surface area contributed by atoms with Crippen LogP contribution in [0.5, 0.6) is 5.75 Å². The highest BCUT2D eigenvalue weighted by Gasteiger charge is 2.29. The molecule has 1 saturated carbocycles. The minimum Gasteiger partial charge on any atom is -0.496 e. The molecule has 0 spiro atoms. The van der Waals surface area contributed by atoms with Crippen LogP contribution in [0.2, 0.25) is 0 Å². The molecule has 3 rings (SSSR count). The number of carbonyl (C=O) groups excluding carboxylic acids is 1. The van der Waals surface area contributed by atoms with E-state index >= 15 is 0 Å². The van der Waals surface area contributed by atoms with Gasteiger partial charge < -0.3 is 10.1 Å². The molecule has 1 aliphatic rings. The predicted molar refractivity (Wildman–Crippen MR) is 108 cm³/mol. The quantitative estimate of drug-likeness (QED) is 0.721. The lowest BCUT2D eigenvalue weighted by atomic mass is 9.85. The number of methoxy groups -OCH3 is 1. The van der Waals surface area contributed by atoms with Gasteiger partial charge in [-0.2, -0.15) is 0 Å². The molecule has 7 nitrogen and oxygen atoms in total. The van der Waals surface area contributed by atoms with E-state index < -0.39 is 27.6 Å². The van der Waals surface area contributed by atoms with Crippen LogP contribution in [0.3, 0.4) is 0 Å². The van der Waals surface area contributed by atoms with Gasteiger partial charge >= 0.3 is 0 Å². The number of pyridine rings is 1. The van der Waals surface area contributed by atoms with Crippen molar-refractivity contribution < 1.29 is 26.7 Å². The molecular formula is C20H23F2N3O4S. The number of hydrogen-bond donors (Lipinski definition) is 2. The lowest BCUT2D eigenvalue weighted by Gasteiger charge is -2.28. The number of nitrogens with one attached hydrogen (secondary N) is 2. The molecule has 2 aromatic rings. The number of aromatic nitrogens is 1. The summed E-state index contributed by atoms with van der Waals surface area (Å²) in [4.78, 5) is 16.6. The van der Waals surface area contributed by atoms with Gasteiger partial charge in [-0.1, -0.05) is 6.42 Å². The molecule has 2 atom stereocenters. The molecule has 162 valence electrons.